The molecule has 1 amide bonds. The van der Waals surface area contributed by atoms with Gasteiger partial charge < -0.3 is 11.1 Å². The van der Waals surface area contributed by atoms with Gasteiger partial charge in [0.05, 0.1) is 10.7 Å². The fraction of sp³-hybridized carbons (Fsp3) is 0.235. The summed E-state index contributed by atoms with van der Waals surface area (Å²) in [6.45, 7) is 2.78. The van der Waals surface area contributed by atoms with E-state index >= 15 is 0 Å². The first-order chi connectivity index (χ1) is 10.1. The minimum absolute atomic E-state index is 0.128. The summed E-state index contributed by atoms with van der Waals surface area (Å²) in [5.74, 6) is 0.277. The third-order valence-electron chi connectivity index (χ3n) is 3.49. The highest BCUT2D eigenvalue weighted by Crippen LogP contribution is 2.20. The summed E-state index contributed by atoms with van der Waals surface area (Å²) in [5.41, 5.74) is 7.92. The summed E-state index contributed by atoms with van der Waals surface area (Å²) in [5, 5.41) is 3.31. The zero-order valence-corrected chi connectivity index (χ0v) is 12.7. The number of halogens is 1. The topological polar surface area (TPSA) is 55.1 Å². The van der Waals surface area contributed by atoms with Crippen molar-refractivity contribution < 1.29 is 4.79 Å². The molecule has 0 spiro atoms. The fourth-order valence-electron chi connectivity index (χ4n) is 2.12. The van der Waals surface area contributed by atoms with Crippen molar-refractivity contribution in [3.05, 3.63) is 64.7 Å². The molecular weight excluding hydrogens is 284 g/mol. The van der Waals surface area contributed by atoms with Gasteiger partial charge >= 0.3 is 0 Å². The molecule has 110 valence electrons. The SMILES string of the molecule is CC(CCNC(=O)c1ccc(N)c(Cl)c1)c1ccccc1. The second kappa shape index (κ2) is 7.14. The first kappa shape index (κ1) is 15.4. The van der Waals surface area contributed by atoms with Crippen LogP contribution in [0.25, 0.3) is 0 Å². The number of amides is 1. The van der Waals surface area contributed by atoms with Crippen LogP contribution in [0.4, 0.5) is 5.69 Å². The highest BCUT2D eigenvalue weighted by Gasteiger charge is 2.09. The highest BCUT2D eigenvalue weighted by molar-refractivity contribution is 6.33. The summed E-state index contributed by atoms with van der Waals surface area (Å²) in [6, 6.07) is 15.2. The Balaban J connectivity index is 1.85. The van der Waals surface area contributed by atoms with E-state index in [4.69, 9.17) is 17.3 Å². The molecular formula is C17H19ClN2O. The molecule has 0 heterocycles. The molecule has 4 heteroatoms. The van der Waals surface area contributed by atoms with Crippen LogP contribution in [0, 0.1) is 0 Å². The van der Waals surface area contributed by atoms with E-state index < -0.39 is 0 Å². The van der Waals surface area contributed by atoms with Crippen molar-refractivity contribution in [2.75, 3.05) is 12.3 Å². The van der Waals surface area contributed by atoms with Gasteiger partial charge in [0, 0.05) is 12.1 Å². The van der Waals surface area contributed by atoms with Crippen LogP contribution >= 0.6 is 11.6 Å². The Labute approximate surface area is 130 Å². The van der Waals surface area contributed by atoms with Gasteiger partial charge in [0.15, 0.2) is 0 Å². The number of rotatable bonds is 5. The molecule has 2 aromatic carbocycles. The Morgan fingerprint density at radius 3 is 2.62 bits per heavy atom. The van der Waals surface area contributed by atoms with E-state index in [2.05, 4.69) is 24.4 Å². The van der Waals surface area contributed by atoms with Crippen molar-refractivity contribution in [2.24, 2.45) is 0 Å². The van der Waals surface area contributed by atoms with E-state index in [1.54, 1.807) is 18.2 Å². The summed E-state index contributed by atoms with van der Waals surface area (Å²) in [6.07, 6.45) is 0.887. The normalized spacial score (nSPS) is 11.9. The van der Waals surface area contributed by atoms with Crippen molar-refractivity contribution >= 4 is 23.2 Å². The second-order valence-corrected chi connectivity index (χ2v) is 5.50. The van der Waals surface area contributed by atoms with Crippen molar-refractivity contribution in [3.63, 3.8) is 0 Å². The van der Waals surface area contributed by atoms with Gasteiger partial charge in [0.2, 0.25) is 0 Å². The van der Waals surface area contributed by atoms with Gasteiger partial charge in [0.25, 0.3) is 5.91 Å². The van der Waals surface area contributed by atoms with Crippen molar-refractivity contribution in [2.45, 2.75) is 19.3 Å². The average molecular weight is 303 g/mol. The Morgan fingerprint density at radius 2 is 1.95 bits per heavy atom. The molecule has 1 unspecified atom stereocenters. The van der Waals surface area contributed by atoms with Gasteiger partial charge in [-0.25, -0.2) is 0 Å². The maximum absolute atomic E-state index is 12.0. The van der Waals surface area contributed by atoms with Crippen LogP contribution in [0.15, 0.2) is 48.5 Å². The minimum atomic E-state index is -0.128. The van der Waals surface area contributed by atoms with Crippen LogP contribution in [0.3, 0.4) is 0 Å². The first-order valence-corrected chi connectivity index (χ1v) is 7.34. The van der Waals surface area contributed by atoms with Crippen LogP contribution in [0.5, 0.6) is 0 Å². The number of hydrogen-bond donors (Lipinski definition) is 2. The minimum Gasteiger partial charge on any atom is -0.398 e. The van der Waals surface area contributed by atoms with Crippen molar-refractivity contribution in [1.82, 2.24) is 5.32 Å². The first-order valence-electron chi connectivity index (χ1n) is 6.96. The number of nitrogens with one attached hydrogen (secondary N) is 1. The molecule has 2 rings (SSSR count). The zero-order valence-electron chi connectivity index (χ0n) is 12.0. The maximum Gasteiger partial charge on any atom is 0.251 e. The summed E-state index contributed by atoms with van der Waals surface area (Å²) < 4.78 is 0. The molecule has 0 aliphatic heterocycles. The molecule has 0 aliphatic carbocycles. The molecule has 0 bridgehead atoms. The van der Waals surface area contributed by atoms with Gasteiger partial charge in [-0.15, -0.1) is 0 Å². The number of carbonyl (C=O) groups excluding carboxylic acids is 1. The number of nitrogen functional groups attached to an aromatic ring is 1. The van der Waals surface area contributed by atoms with Gasteiger partial charge in [0.1, 0.15) is 0 Å². The smallest absolute Gasteiger partial charge is 0.251 e. The van der Waals surface area contributed by atoms with Gasteiger partial charge in [-0.3, -0.25) is 4.79 Å². The van der Waals surface area contributed by atoms with E-state index in [9.17, 15) is 4.79 Å². The summed E-state index contributed by atoms with van der Waals surface area (Å²) in [4.78, 5) is 12.0. The lowest BCUT2D eigenvalue weighted by Crippen LogP contribution is -2.25. The third-order valence-corrected chi connectivity index (χ3v) is 3.82. The van der Waals surface area contributed by atoms with E-state index in [-0.39, 0.29) is 5.91 Å². The molecule has 0 fully saturated rings. The van der Waals surface area contributed by atoms with Crippen LogP contribution in [0.2, 0.25) is 5.02 Å². The molecule has 0 aliphatic rings. The second-order valence-electron chi connectivity index (χ2n) is 5.09. The Kier molecular flexibility index (Phi) is 5.23. The molecule has 0 radical (unpaired) electrons. The molecule has 0 saturated carbocycles. The molecule has 1 atom stereocenters. The van der Waals surface area contributed by atoms with Gasteiger partial charge in [-0.2, -0.15) is 0 Å². The van der Waals surface area contributed by atoms with E-state index in [1.165, 1.54) is 5.56 Å². The maximum atomic E-state index is 12.0. The molecule has 3 N–H and O–H groups in total. The van der Waals surface area contributed by atoms with Crippen LogP contribution in [-0.2, 0) is 0 Å². The highest BCUT2D eigenvalue weighted by atomic mass is 35.5. The number of anilines is 1. The lowest BCUT2D eigenvalue weighted by molar-refractivity contribution is 0.0952. The Bertz CT molecular complexity index is 613. The Morgan fingerprint density at radius 1 is 1.24 bits per heavy atom. The van der Waals surface area contributed by atoms with Crippen molar-refractivity contribution in [3.8, 4) is 0 Å². The molecule has 0 saturated heterocycles. The van der Waals surface area contributed by atoms with E-state index in [0.717, 1.165) is 6.42 Å². The fourth-order valence-corrected chi connectivity index (χ4v) is 2.30. The third kappa shape index (κ3) is 4.23. The number of nitrogens with two attached hydrogens (primary N) is 1. The average Bonchev–Trinajstić information content (AvgIpc) is 2.50. The van der Waals surface area contributed by atoms with Crippen LogP contribution < -0.4 is 11.1 Å². The molecule has 0 aromatic heterocycles. The molecule has 2 aromatic rings. The van der Waals surface area contributed by atoms with E-state index in [0.29, 0.717) is 28.7 Å². The Hall–Kier alpha value is -2.00. The predicted octanol–water partition coefficient (Wildman–Crippen LogP) is 3.85. The zero-order chi connectivity index (χ0) is 15.2. The number of hydrogen-bond acceptors (Lipinski definition) is 2. The van der Waals surface area contributed by atoms with Gasteiger partial charge in [-0.05, 0) is 36.1 Å². The number of benzene rings is 2. The lowest BCUT2D eigenvalue weighted by Gasteiger charge is -2.12. The quantitative estimate of drug-likeness (QED) is 0.824. The largest absolute Gasteiger partial charge is 0.398 e. The summed E-state index contributed by atoms with van der Waals surface area (Å²) in [7, 11) is 0. The van der Waals surface area contributed by atoms with Crippen LogP contribution in [-0.4, -0.2) is 12.5 Å². The van der Waals surface area contributed by atoms with E-state index in [1.807, 2.05) is 18.2 Å². The van der Waals surface area contributed by atoms with Crippen LogP contribution in [0.1, 0.15) is 35.2 Å². The molecule has 21 heavy (non-hydrogen) atoms. The number of carbonyl (C=O) groups is 1. The summed E-state index contributed by atoms with van der Waals surface area (Å²) >= 11 is 5.92. The van der Waals surface area contributed by atoms with Crippen molar-refractivity contribution in [1.29, 1.82) is 0 Å². The van der Waals surface area contributed by atoms with Gasteiger partial charge in [-0.1, -0.05) is 48.9 Å². The predicted molar refractivity (Wildman–Crippen MR) is 87.7 cm³/mol. The standard InChI is InChI=1S/C17H19ClN2O/c1-12(13-5-3-2-4-6-13)9-10-20-17(21)14-7-8-16(19)15(18)11-14/h2-8,11-12H,9-10,19H2,1H3,(H,20,21). The molecule has 3 nitrogen and oxygen atoms in total. The monoisotopic (exact) mass is 302 g/mol. The lowest BCUT2D eigenvalue weighted by atomic mass is 9.98.